The highest BCUT2D eigenvalue weighted by molar-refractivity contribution is 5.70. The summed E-state index contributed by atoms with van der Waals surface area (Å²) in [6.45, 7) is 13.3. The zero-order chi connectivity index (χ0) is 25.3. The van der Waals surface area contributed by atoms with Crippen LogP contribution in [0.25, 0.3) is 11.1 Å². The van der Waals surface area contributed by atoms with E-state index in [1.807, 2.05) is 24.3 Å². The van der Waals surface area contributed by atoms with Crippen LogP contribution in [0, 0.1) is 0 Å². The first-order valence-electron chi connectivity index (χ1n) is 14.4. The fourth-order valence-corrected chi connectivity index (χ4v) is 6.57. The molecule has 0 amide bonds. The average molecular weight is 478 g/mol. The maximum Gasteiger partial charge on any atom is 0.123 e. The zero-order valence-corrected chi connectivity index (χ0v) is 23.3. The van der Waals surface area contributed by atoms with Crippen molar-refractivity contribution in [1.29, 1.82) is 0 Å². The first-order valence-corrected chi connectivity index (χ1v) is 14.4. The second kappa shape index (κ2) is 12.9. The van der Waals surface area contributed by atoms with Crippen LogP contribution in [-0.2, 0) is 0 Å². The van der Waals surface area contributed by atoms with Crippen LogP contribution in [0.1, 0.15) is 123 Å². The maximum atomic E-state index is 10.5. The molecule has 2 aromatic carbocycles. The Morgan fingerprint density at radius 2 is 1.29 bits per heavy atom. The van der Waals surface area contributed by atoms with Crippen molar-refractivity contribution >= 4 is 0 Å². The van der Waals surface area contributed by atoms with Crippen LogP contribution < -0.4 is 0 Å². The van der Waals surface area contributed by atoms with Crippen LogP contribution in [0.2, 0.25) is 0 Å². The molecule has 2 heteroatoms. The van der Waals surface area contributed by atoms with Crippen molar-refractivity contribution in [3.8, 4) is 16.9 Å². The van der Waals surface area contributed by atoms with Crippen molar-refractivity contribution < 1.29 is 5.11 Å². The molecule has 3 rings (SSSR count). The lowest BCUT2D eigenvalue weighted by molar-refractivity contribution is -0.0371. The summed E-state index contributed by atoms with van der Waals surface area (Å²) < 4.78 is 0. The Kier molecular flexibility index (Phi) is 10.3. The van der Waals surface area contributed by atoms with E-state index < -0.39 is 0 Å². The molecule has 1 N–H and O–H groups in total. The molecule has 2 nitrogen and oxygen atoms in total. The number of unbranched alkanes of at least 4 members (excludes halogenated alkanes) is 9. The number of hydrogen-bond donors (Lipinski definition) is 1. The van der Waals surface area contributed by atoms with Crippen molar-refractivity contribution in [2.24, 2.45) is 0 Å². The van der Waals surface area contributed by atoms with Gasteiger partial charge in [0.2, 0.25) is 0 Å². The van der Waals surface area contributed by atoms with Gasteiger partial charge in [-0.2, -0.15) is 0 Å². The molecule has 1 saturated heterocycles. The van der Waals surface area contributed by atoms with Gasteiger partial charge < -0.3 is 5.11 Å². The summed E-state index contributed by atoms with van der Waals surface area (Å²) in [4.78, 5) is 2.79. The maximum absolute atomic E-state index is 10.5. The first-order chi connectivity index (χ1) is 16.7. The van der Waals surface area contributed by atoms with E-state index in [1.165, 1.54) is 76.3 Å². The average Bonchev–Trinajstić information content (AvgIpc) is 2.81. The van der Waals surface area contributed by atoms with Gasteiger partial charge in [0.1, 0.15) is 5.75 Å². The molecule has 0 radical (unpaired) electrons. The van der Waals surface area contributed by atoms with Crippen LogP contribution in [0.4, 0.5) is 0 Å². The Hall–Kier alpha value is -1.80. The fourth-order valence-electron chi connectivity index (χ4n) is 6.57. The van der Waals surface area contributed by atoms with Crippen molar-refractivity contribution in [2.45, 2.75) is 129 Å². The molecule has 0 atom stereocenters. The minimum Gasteiger partial charge on any atom is -0.507 e. The summed E-state index contributed by atoms with van der Waals surface area (Å²) in [7, 11) is 0. The van der Waals surface area contributed by atoms with Gasteiger partial charge in [-0.1, -0.05) is 101 Å². The van der Waals surface area contributed by atoms with Gasteiger partial charge in [0, 0.05) is 16.6 Å². The van der Waals surface area contributed by atoms with E-state index in [0.717, 1.165) is 24.0 Å². The third kappa shape index (κ3) is 7.84. The molecule has 0 bridgehead atoms. The van der Waals surface area contributed by atoms with E-state index in [9.17, 15) is 5.11 Å². The largest absolute Gasteiger partial charge is 0.507 e. The van der Waals surface area contributed by atoms with Crippen LogP contribution in [0.3, 0.4) is 0 Å². The minimum atomic E-state index is 0.163. The molecular weight excluding hydrogens is 426 g/mol. The van der Waals surface area contributed by atoms with Crippen LogP contribution in [0.5, 0.6) is 5.75 Å². The Morgan fingerprint density at radius 1 is 0.743 bits per heavy atom. The molecule has 0 saturated carbocycles. The highest BCUT2D eigenvalue weighted by atomic mass is 16.3. The van der Waals surface area contributed by atoms with Crippen molar-refractivity contribution in [1.82, 2.24) is 4.90 Å². The molecule has 1 aliphatic heterocycles. The zero-order valence-electron chi connectivity index (χ0n) is 23.3. The third-order valence-electron chi connectivity index (χ3n) is 8.27. The van der Waals surface area contributed by atoms with Gasteiger partial charge in [-0.3, -0.25) is 4.90 Å². The summed E-state index contributed by atoms with van der Waals surface area (Å²) in [5.74, 6) is 0.879. The van der Waals surface area contributed by atoms with Crippen molar-refractivity contribution in [3.05, 3.63) is 54.1 Å². The van der Waals surface area contributed by atoms with E-state index >= 15 is 0 Å². The van der Waals surface area contributed by atoms with Crippen LogP contribution in [0.15, 0.2) is 48.5 Å². The number of phenolic OH excluding ortho intramolecular Hbond substituents is 1. The first kappa shape index (κ1) is 27.8. The molecule has 1 aliphatic rings. The molecule has 0 unspecified atom stereocenters. The second-order valence-electron chi connectivity index (χ2n) is 12.2. The molecule has 35 heavy (non-hydrogen) atoms. The normalized spacial score (nSPS) is 18.1. The Labute approximate surface area is 216 Å². The fraction of sp³-hybridized carbons (Fsp3) is 0.636. The number of nitrogens with zero attached hydrogens (tertiary/aromatic N) is 1. The molecule has 1 heterocycles. The standard InChI is InChI=1S/C33H51NO/c1-6-7-8-9-10-11-12-13-14-18-23-34-32(2,3)25-29(26-33(34,4)5)28-21-22-31(35)30(24-28)27-19-16-15-17-20-27/h15-17,19-22,24,29,35H,6-14,18,23,25-26H2,1-5H3. The number of likely N-dealkylation sites (tertiary alicyclic amines) is 1. The molecule has 0 aliphatic carbocycles. The van der Waals surface area contributed by atoms with E-state index in [1.54, 1.807) is 0 Å². The van der Waals surface area contributed by atoms with Gasteiger partial charge in [0.15, 0.2) is 0 Å². The molecule has 194 valence electrons. The lowest BCUT2D eigenvalue weighted by Crippen LogP contribution is -2.60. The monoisotopic (exact) mass is 477 g/mol. The van der Waals surface area contributed by atoms with E-state index in [0.29, 0.717) is 11.7 Å². The predicted octanol–water partition coefficient (Wildman–Crippen LogP) is 9.72. The van der Waals surface area contributed by atoms with Crippen molar-refractivity contribution in [3.63, 3.8) is 0 Å². The molecule has 0 spiro atoms. The third-order valence-corrected chi connectivity index (χ3v) is 8.27. The van der Waals surface area contributed by atoms with Gasteiger partial charge in [-0.25, -0.2) is 0 Å². The number of aromatic hydroxyl groups is 1. The van der Waals surface area contributed by atoms with E-state index in [-0.39, 0.29) is 11.1 Å². The number of phenols is 1. The quantitative estimate of drug-likeness (QED) is 0.290. The van der Waals surface area contributed by atoms with Gasteiger partial charge >= 0.3 is 0 Å². The SMILES string of the molecule is CCCCCCCCCCCCN1C(C)(C)CC(c2ccc(O)c(-c3ccccc3)c2)CC1(C)C. The number of rotatable bonds is 13. The summed E-state index contributed by atoms with van der Waals surface area (Å²) in [6, 6.07) is 16.6. The van der Waals surface area contributed by atoms with E-state index in [2.05, 4.69) is 63.8 Å². The summed E-state index contributed by atoms with van der Waals surface area (Å²) in [5.41, 5.74) is 3.73. The summed E-state index contributed by atoms with van der Waals surface area (Å²) in [6.07, 6.45) is 16.2. The molecular formula is C33H51NO. The second-order valence-corrected chi connectivity index (χ2v) is 12.2. The number of hydrogen-bond acceptors (Lipinski definition) is 2. The highest BCUT2D eigenvalue weighted by Crippen LogP contribution is 2.47. The Balaban J connectivity index is 1.55. The van der Waals surface area contributed by atoms with Crippen molar-refractivity contribution in [2.75, 3.05) is 6.54 Å². The van der Waals surface area contributed by atoms with E-state index in [4.69, 9.17) is 0 Å². The Morgan fingerprint density at radius 3 is 1.86 bits per heavy atom. The lowest BCUT2D eigenvalue weighted by atomic mass is 9.71. The smallest absolute Gasteiger partial charge is 0.123 e. The topological polar surface area (TPSA) is 23.5 Å². The molecule has 0 aromatic heterocycles. The summed E-state index contributed by atoms with van der Waals surface area (Å²) in [5, 5.41) is 10.5. The van der Waals surface area contributed by atoms with Gasteiger partial charge in [0.25, 0.3) is 0 Å². The van der Waals surface area contributed by atoms with Gasteiger partial charge in [0.05, 0.1) is 0 Å². The molecule has 2 aromatic rings. The number of piperidine rings is 1. The Bertz CT molecular complexity index is 867. The van der Waals surface area contributed by atoms with Crippen LogP contribution in [-0.4, -0.2) is 27.6 Å². The van der Waals surface area contributed by atoms with Gasteiger partial charge in [-0.05, 0) is 82.7 Å². The van der Waals surface area contributed by atoms with Gasteiger partial charge in [-0.15, -0.1) is 0 Å². The lowest BCUT2D eigenvalue weighted by Gasteiger charge is -2.56. The highest BCUT2D eigenvalue weighted by Gasteiger charge is 2.45. The minimum absolute atomic E-state index is 0.163. The molecule has 1 fully saturated rings. The summed E-state index contributed by atoms with van der Waals surface area (Å²) >= 11 is 0. The van der Waals surface area contributed by atoms with Crippen LogP contribution >= 0.6 is 0 Å². The number of benzene rings is 2. The predicted molar refractivity (Wildman–Crippen MR) is 152 cm³/mol.